The Morgan fingerprint density at radius 1 is 1.48 bits per heavy atom. The molecular weight excluding hydrogens is 266 g/mol. The molecule has 0 aliphatic heterocycles. The van der Waals surface area contributed by atoms with E-state index in [1.807, 2.05) is 19.1 Å². The average molecular weight is 283 g/mol. The number of rotatable bonds is 4. The van der Waals surface area contributed by atoms with E-state index in [0.717, 1.165) is 5.56 Å². The first-order valence-corrected chi connectivity index (χ1v) is 6.63. The highest BCUT2D eigenvalue weighted by Crippen LogP contribution is 2.16. The summed E-state index contributed by atoms with van der Waals surface area (Å²) in [4.78, 5) is 14.2. The summed E-state index contributed by atoms with van der Waals surface area (Å²) in [5.41, 5.74) is 7.91. The van der Waals surface area contributed by atoms with Crippen LogP contribution in [0.5, 0.6) is 0 Å². The minimum absolute atomic E-state index is 0.192. The van der Waals surface area contributed by atoms with Gasteiger partial charge in [0, 0.05) is 20.1 Å². The molecule has 1 heterocycles. The lowest BCUT2D eigenvalue weighted by molar-refractivity contribution is 0.0742. The molecule has 0 unspecified atom stereocenters. The number of benzene rings is 1. The van der Waals surface area contributed by atoms with E-state index in [1.165, 1.54) is 10.9 Å². The highest BCUT2D eigenvalue weighted by molar-refractivity contribution is 5.97. The van der Waals surface area contributed by atoms with Crippen molar-refractivity contribution in [3.8, 4) is 6.07 Å². The third kappa shape index (κ3) is 2.87. The minimum Gasteiger partial charge on any atom is -0.396 e. The molecule has 21 heavy (non-hydrogen) atoms. The minimum atomic E-state index is -0.192. The van der Waals surface area contributed by atoms with Gasteiger partial charge in [0.05, 0.1) is 23.5 Å². The number of hydrogen-bond acceptors (Lipinski definition) is 4. The molecule has 1 amide bonds. The highest BCUT2D eigenvalue weighted by Gasteiger charge is 2.21. The molecule has 1 aromatic heterocycles. The summed E-state index contributed by atoms with van der Waals surface area (Å²) in [6, 6.07) is 9.39. The van der Waals surface area contributed by atoms with Crippen LogP contribution in [-0.2, 0) is 13.6 Å². The third-order valence-electron chi connectivity index (χ3n) is 3.34. The van der Waals surface area contributed by atoms with Gasteiger partial charge in [-0.1, -0.05) is 18.2 Å². The van der Waals surface area contributed by atoms with Crippen molar-refractivity contribution in [3.63, 3.8) is 0 Å². The molecule has 0 fully saturated rings. The van der Waals surface area contributed by atoms with Crippen molar-refractivity contribution in [2.75, 3.05) is 12.3 Å². The number of anilines is 1. The van der Waals surface area contributed by atoms with Crippen molar-refractivity contribution in [3.05, 3.63) is 47.3 Å². The zero-order valence-corrected chi connectivity index (χ0v) is 12.1. The van der Waals surface area contributed by atoms with Gasteiger partial charge in [0.1, 0.15) is 5.69 Å². The van der Waals surface area contributed by atoms with Crippen LogP contribution in [-0.4, -0.2) is 27.1 Å². The summed E-state index contributed by atoms with van der Waals surface area (Å²) in [6.45, 7) is 2.77. The van der Waals surface area contributed by atoms with E-state index in [2.05, 4.69) is 11.2 Å². The zero-order chi connectivity index (χ0) is 15.4. The summed E-state index contributed by atoms with van der Waals surface area (Å²) >= 11 is 0. The molecule has 0 atom stereocenters. The SMILES string of the molecule is CCN(Cc1ccccc1C#N)C(=O)c1c(N)cnn1C. The molecule has 6 nitrogen and oxygen atoms in total. The standard InChI is InChI=1S/C15H17N5O/c1-3-20(10-12-7-5-4-6-11(12)8-16)15(21)14-13(17)9-18-19(14)2/h4-7,9H,3,10,17H2,1-2H3. The lowest BCUT2D eigenvalue weighted by Gasteiger charge is -2.21. The predicted octanol–water partition coefficient (Wildman–Crippen LogP) is 1.54. The summed E-state index contributed by atoms with van der Waals surface area (Å²) in [5, 5.41) is 13.1. The van der Waals surface area contributed by atoms with Gasteiger partial charge in [-0.25, -0.2) is 0 Å². The monoisotopic (exact) mass is 283 g/mol. The Hall–Kier alpha value is -2.81. The number of nitrogens with two attached hydrogens (primary N) is 1. The number of nitrogen functional groups attached to an aromatic ring is 1. The largest absolute Gasteiger partial charge is 0.396 e. The molecule has 0 bridgehead atoms. The number of nitriles is 1. The van der Waals surface area contributed by atoms with E-state index in [0.29, 0.717) is 30.0 Å². The quantitative estimate of drug-likeness (QED) is 0.921. The molecule has 2 aromatic rings. The van der Waals surface area contributed by atoms with Crippen molar-refractivity contribution >= 4 is 11.6 Å². The summed E-state index contributed by atoms with van der Waals surface area (Å²) in [5.74, 6) is -0.192. The van der Waals surface area contributed by atoms with Gasteiger partial charge >= 0.3 is 0 Å². The summed E-state index contributed by atoms with van der Waals surface area (Å²) < 4.78 is 1.47. The predicted molar refractivity (Wildman–Crippen MR) is 79.2 cm³/mol. The van der Waals surface area contributed by atoms with Gasteiger partial charge in [-0.15, -0.1) is 0 Å². The van der Waals surface area contributed by atoms with E-state index in [1.54, 1.807) is 24.1 Å². The molecule has 0 aliphatic rings. The van der Waals surface area contributed by atoms with Gasteiger partial charge in [0.15, 0.2) is 0 Å². The molecule has 2 rings (SSSR count). The Morgan fingerprint density at radius 2 is 2.19 bits per heavy atom. The Morgan fingerprint density at radius 3 is 2.76 bits per heavy atom. The average Bonchev–Trinajstić information content (AvgIpc) is 2.83. The molecule has 0 spiro atoms. The second-order valence-corrected chi connectivity index (χ2v) is 4.66. The van der Waals surface area contributed by atoms with Crippen molar-refractivity contribution in [2.24, 2.45) is 7.05 Å². The van der Waals surface area contributed by atoms with Crippen LogP contribution in [0.4, 0.5) is 5.69 Å². The van der Waals surface area contributed by atoms with Gasteiger partial charge in [-0.05, 0) is 18.6 Å². The molecular formula is C15H17N5O. The van der Waals surface area contributed by atoms with Gasteiger partial charge in [-0.2, -0.15) is 10.4 Å². The first-order chi connectivity index (χ1) is 10.1. The highest BCUT2D eigenvalue weighted by atomic mass is 16.2. The fourth-order valence-corrected chi connectivity index (χ4v) is 2.17. The van der Waals surface area contributed by atoms with Crippen LogP contribution in [0.1, 0.15) is 28.5 Å². The Balaban J connectivity index is 2.29. The Labute approximate surface area is 123 Å². The molecule has 0 aliphatic carbocycles. The maximum Gasteiger partial charge on any atom is 0.274 e. The van der Waals surface area contributed by atoms with Crippen LogP contribution in [0.25, 0.3) is 0 Å². The van der Waals surface area contributed by atoms with E-state index in [4.69, 9.17) is 11.0 Å². The van der Waals surface area contributed by atoms with Crippen molar-refractivity contribution in [1.82, 2.24) is 14.7 Å². The van der Waals surface area contributed by atoms with Gasteiger partial charge in [-0.3, -0.25) is 9.48 Å². The van der Waals surface area contributed by atoms with Gasteiger partial charge in [0.2, 0.25) is 0 Å². The van der Waals surface area contributed by atoms with Crippen LogP contribution in [0, 0.1) is 11.3 Å². The van der Waals surface area contributed by atoms with E-state index < -0.39 is 0 Å². The maximum atomic E-state index is 12.6. The smallest absolute Gasteiger partial charge is 0.274 e. The second-order valence-electron chi connectivity index (χ2n) is 4.66. The number of carbonyl (C=O) groups is 1. The molecule has 0 saturated carbocycles. The normalized spacial score (nSPS) is 10.1. The molecule has 108 valence electrons. The summed E-state index contributed by atoms with van der Waals surface area (Å²) in [7, 11) is 1.68. The van der Waals surface area contributed by atoms with E-state index >= 15 is 0 Å². The number of amides is 1. The van der Waals surface area contributed by atoms with Crippen molar-refractivity contribution < 1.29 is 4.79 Å². The lowest BCUT2D eigenvalue weighted by atomic mass is 10.1. The number of carbonyl (C=O) groups excluding carboxylic acids is 1. The van der Waals surface area contributed by atoms with Crippen LogP contribution < -0.4 is 5.73 Å². The van der Waals surface area contributed by atoms with Crippen LogP contribution >= 0.6 is 0 Å². The Bertz CT molecular complexity index is 679. The number of nitrogens with zero attached hydrogens (tertiary/aromatic N) is 4. The molecule has 6 heteroatoms. The van der Waals surface area contributed by atoms with Crippen LogP contribution in [0.15, 0.2) is 30.5 Å². The van der Waals surface area contributed by atoms with Gasteiger partial charge in [0.25, 0.3) is 5.91 Å². The maximum absolute atomic E-state index is 12.6. The molecule has 0 saturated heterocycles. The Kier molecular flexibility index (Phi) is 4.24. The summed E-state index contributed by atoms with van der Waals surface area (Å²) in [6.07, 6.45) is 1.46. The zero-order valence-electron chi connectivity index (χ0n) is 12.1. The second kappa shape index (κ2) is 6.09. The van der Waals surface area contributed by atoms with Crippen molar-refractivity contribution in [1.29, 1.82) is 5.26 Å². The third-order valence-corrected chi connectivity index (χ3v) is 3.34. The van der Waals surface area contributed by atoms with Crippen LogP contribution in [0.2, 0.25) is 0 Å². The number of hydrogen-bond donors (Lipinski definition) is 1. The fourth-order valence-electron chi connectivity index (χ4n) is 2.17. The number of aromatic nitrogens is 2. The van der Waals surface area contributed by atoms with Gasteiger partial charge < -0.3 is 10.6 Å². The van der Waals surface area contributed by atoms with Crippen LogP contribution in [0.3, 0.4) is 0 Å². The fraction of sp³-hybridized carbons (Fsp3) is 0.267. The molecule has 1 aromatic carbocycles. The van der Waals surface area contributed by atoms with Crippen molar-refractivity contribution in [2.45, 2.75) is 13.5 Å². The van der Waals surface area contributed by atoms with E-state index in [9.17, 15) is 4.79 Å². The molecule has 2 N–H and O–H groups in total. The number of aryl methyl sites for hydroxylation is 1. The first kappa shape index (κ1) is 14.6. The topological polar surface area (TPSA) is 87.9 Å². The lowest BCUT2D eigenvalue weighted by Crippen LogP contribution is -2.32. The molecule has 0 radical (unpaired) electrons. The first-order valence-electron chi connectivity index (χ1n) is 6.63. The van der Waals surface area contributed by atoms with E-state index in [-0.39, 0.29) is 5.91 Å².